The Morgan fingerprint density at radius 1 is 0.543 bits per heavy atom. The Morgan fingerprint density at radius 3 is 1.86 bits per heavy atom. The minimum absolute atomic E-state index is 0.0760. The molecule has 127 heavy (non-hydrogen) atoms. The molecule has 21 N–H and O–H groups in total. The first-order valence-electron chi connectivity index (χ1n) is 41.5. The molecule has 17 bridgehead atoms. The first-order chi connectivity index (χ1) is 60.7. The molecule has 8 unspecified atom stereocenters. The second-order valence-electron chi connectivity index (χ2n) is 32.7. The second-order valence-corrected chi connectivity index (χ2v) is 33.4. The van der Waals surface area contributed by atoms with Gasteiger partial charge in [-0.05, 0) is 153 Å². The van der Waals surface area contributed by atoms with Crippen molar-refractivity contribution in [3.8, 4) is 80.1 Å². The van der Waals surface area contributed by atoms with Gasteiger partial charge in [0.25, 0.3) is 0 Å². The molecule has 0 spiro atoms. The molecule has 7 aromatic carbocycles. The highest BCUT2D eigenvalue weighted by Crippen LogP contribution is 2.51. The van der Waals surface area contributed by atoms with Crippen LogP contribution in [0.3, 0.4) is 0 Å². The Hall–Kier alpha value is -11.4. The van der Waals surface area contributed by atoms with Gasteiger partial charge in [-0.15, -0.1) is 0 Å². The van der Waals surface area contributed by atoms with Crippen molar-refractivity contribution >= 4 is 70.5 Å². The molecule has 18 atom stereocenters. The first kappa shape index (κ1) is 93.2. The van der Waals surface area contributed by atoms with E-state index in [1.54, 1.807) is 14.1 Å². The highest BCUT2D eigenvalue weighted by molar-refractivity contribution is 6.33. The van der Waals surface area contributed by atoms with E-state index in [0.717, 1.165) is 92.8 Å². The van der Waals surface area contributed by atoms with Gasteiger partial charge in [0.1, 0.15) is 137 Å². The highest BCUT2D eigenvalue weighted by atomic mass is 35.5. The normalized spacial score (nSPS) is 26.0. The van der Waals surface area contributed by atoms with Crippen LogP contribution in [0.2, 0.25) is 10.0 Å². The standard InChI is InChI=1S/C88H102Cl2N10O27/c1-39(2)13-10-8-6-7-9-11-14-63(107)94-72-76(111)74(109)61(37-101)125-87(72)127-79-59-31-44-32-60(79)123-56-24-19-43(29-51(56)89)73(108)71-86(120)98-69(81(115)92-25-12-26-100(4)5)49-33-45(103)34-58(124-88-78(113)77(112)75(110)62(38-102)126-88)64(49)48-28-41(17-22-53(48)104)67(83(117)99-71)95-84(118)68(44)96-85(119)70-50-35-47(36-55(106)65(50)90)122-57-30-42(18-23-54(57)105)66(91-3)82(116)93-52(80(114)97-70)27-40-15-20-46(121-59)21-16-40/h15-24,28-36,39,52,61-62,66-78,87-88,91,101-106,108-113H,6-14,25-27,37-38H2,1-5H3,(H,92,115)(H,93,116)(H,94,107)(H,95,118)(H,96,119)(H,97,114)(H,98,120)(H,99,117)/t52?,61-,62-,66?,67?,68?,69?,70?,71?,72-,73?,74-,75-,76-,77+,78+,87+,88+/m1/s1. The third-order valence-electron chi connectivity index (χ3n) is 22.8. The summed E-state index contributed by atoms with van der Waals surface area (Å²) in [5.41, 5.74) is -2.44. The lowest BCUT2D eigenvalue weighted by molar-refractivity contribution is -0.277. The lowest BCUT2D eigenvalue weighted by atomic mass is 9.89. The van der Waals surface area contributed by atoms with Crippen LogP contribution >= 0.6 is 23.2 Å². The van der Waals surface area contributed by atoms with Gasteiger partial charge in [-0.1, -0.05) is 106 Å². The number of phenols is 4. The van der Waals surface area contributed by atoms with Crippen molar-refractivity contribution in [1.82, 2.24) is 52.8 Å². The number of amides is 8. The molecular weight excluding hydrogens is 1700 g/mol. The molecule has 15 rings (SSSR count). The lowest BCUT2D eigenvalue weighted by Crippen LogP contribution is -2.65. The summed E-state index contributed by atoms with van der Waals surface area (Å²) in [6.07, 6.45) is -13.8. The number of aliphatic hydroxyl groups is 8. The smallest absolute Gasteiger partial charge is 0.248 e. The number of nitrogens with zero attached hydrogens (tertiary/aromatic N) is 1. The Kier molecular flexibility index (Phi) is 29.9. The third kappa shape index (κ3) is 21.2. The number of hydrogen-bond donors (Lipinski definition) is 21. The largest absolute Gasteiger partial charge is 0.508 e. The molecule has 8 aliphatic rings. The van der Waals surface area contributed by atoms with Gasteiger partial charge < -0.3 is 147 Å². The summed E-state index contributed by atoms with van der Waals surface area (Å²) in [6, 6.07) is 6.60. The van der Waals surface area contributed by atoms with Crippen LogP contribution in [0.25, 0.3) is 11.1 Å². The van der Waals surface area contributed by atoms with E-state index >= 15 is 28.8 Å². The number of aliphatic hydroxyl groups excluding tert-OH is 8. The molecule has 8 aliphatic heterocycles. The monoisotopic (exact) mass is 1800 g/mol. The van der Waals surface area contributed by atoms with E-state index in [-0.39, 0.29) is 59.1 Å². The average Bonchev–Trinajstić information content (AvgIpc) is 0.759. The van der Waals surface area contributed by atoms with Crippen LogP contribution in [-0.4, -0.2) is 234 Å². The zero-order valence-electron chi connectivity index (χ0n) is 69.5. The predicted molar refractivity (Wildman–Crippen MR) is 452 cm³/mol. The van der Waals surface area contributed by atoms with E-state index in [2.05, 4.69) is 61.7 Å². The fraction of sp³-hybridized carbons (Fsp3) is 0.432. The molecule has 680 valence electrons. The zero-order chi connectivity index (χ0) is 91.1. The van der Waals surface area contributed by atoms with E-state index in [1.807, 2.05) is 4.90 Å². The number of nitrogens with one attached hydrogen (secondary N) is 9. The summed E-state index contributed by atoms with van der Waals surface area (Å²) in [5, 5.41) is 162. The number of aromatic hydroxyl groups is 4. The van der Waals surface area contributed by atoms with Gasteiger partial charge in [-0.3, -0.25) is 38.4 Å². The number of carbonyl (C=O) groups is 8. The predicted octanol–water partition coefficient (Wildman–Crippen LogP) is 4.08. The molecule has 0 aliphatic carbocycles. The average molecular weight is 1800 g/mol. The van der Waals surface area contributed by atoms with Gasteiger partial charge in [0.15, 0.2) is 23.0 Å². The number of likely N-dealkylation sites (N-methyl/N-ethyl adjacent to an activating group) is 1. The Balaban J connectivity index is 1.04. The maximum atomic E-state index is 16.8. The first-order valence-corrected chi connectivity index (χ1v) is 42.3. The summed E-state index contributed by atoms with van der Waals surface area (Å²) in [6.45, 7) is 2.73. The molecule has 0 aromatic heterocycles. The van der Waals surface area contributed by atoms with Crippen LogP contribution in [0.4, 0.5) is 0 Å². The van der Waals surface area contributed by atoms with Crippen molar-refractivity contribution in [2.75, 3.05) is 47.4 Å². The topological polar surface area (TPSA) is 555 Å². The number of halogens is 2. The van der Waals surface area contributed by atoms with E-state index in [0.29, 0.717) is 37.3 Å². The van der Waals surface area contributed by atoms with Crippen molar-refractivity contribution in [3.05, 3.63) is 164 Å². The highest BCUT2D eigenvalue weighted by Gasteiger charge is 2.50. The Bertz CT molecular complexity index is 5240. The fourth-order valence-electron chi connectivity index (χ4n) is 15.9. The molecule has 8 amide bonds. The number of unbranched alkanes of at least 4 members (excludes halogenated alkanes) is 5. The number of fused-ring (bicyclic) bond motifs is 14. The van der Waals surface area contributed by atoms with Gasteiger partial charge in [0, 0.05) is 48.2 Å². The third-order valence-corrected chi connectivity index (χ3v) is 23.5. The maximum Gasteiger partial charge on any atom is 0.248 e. The van der Waals surface area contributed by atoms with Crippen LogP contribution in [0, 0.1) is 5.92 Å². The van der Waals surface area contributed by atoms with Gasteiger partial charge >= 0.3 is 0 Å². The summed E-state index contributed by atoms with van der Waals surface area (Å²) >= 11 is 14.3. The number of hydrogen-bond acceptors (Lipinski definition) is 29. The second kappa shape index (κ2) is 40.7. The van der Waals surface area contributed by atoms with Crippen LogP contribution in [0.1, 0.15) is 147 Å². The van der Waals surface area contributed by atoms with Crippen molar-refractivity contribution in [2.24, 2.45) is 5.92 Å². The number of carbonyl (C=O) groups excluding carboxylic acids is 8. The van der Waals surface area contributed by atoms with Crippen LogP contribution in [0.5, 0.6) is 69.0 Å². The van der Waals surface area contributed by atoms with E-state index in [4.69, 9.17) is 56.4 Å². The van der Waals surface area contributed by atoms with Gasteiger partial charge in [-0.2, -0.15) is 0 Å². The fourth-order valence-corrected chi connectivity index (χ4v) is 16.4. The zero-order valence-corrected chi connectivity index (χ0v) is 71.0. The molecule has 39 heteroatoms. The number of rotatable bonds is 22. The summed E-state index contributed by atoms with van der Waals surface area (Å²) < 4.78 is 44.9. The van der Waals surface area contributed by atoms with Gasteiger partial charge in [0.05, 0.1) is 23.3 Å². The van der Waals surface area contributed by atoms with Crippen LogP contribution in [-0.2, 0) is 54.3 Å². The molecule has 8 heterocycles. The summed E-state index contributed by atoms with van der Waals surface area (Å²) in [5.74, 6) is -14.9. The molecule has 37 nitrogen and oxygen atoms in total. The van der Waals surface area contributed by atoms with Crippen molar-refractivity contribution in [3.63, 3.8) is 0 Å². The maximum absolute atomic E-state index is 16.8. The van der Waals surface area contributed by atoms with Crippen LogP contribution in [0.15, 0.2) is 115 Å². The molecule has 0 saturated carbocycles. The summed E-state index contributed by atoms with van der Waals surface area (Å²) in [7, 11) is 4.98. The number of ether oxygens (including phenoxy) is 7. The SMILES string of the molecule is CNC1C(=O)NC2Cc3ccc(cc3)Oc3cc4cc(c3O[C@@H]3O[C@H](CO)[C@@H](O)[C@H](O)[C@H]3NC(=O)CCCCCCCCC(C)C)Oc3ccc(cc3Cl)C(O)C3NC(=O)C(NC(=O)C4NC(=O)C(NC2=O)c2cc(cc(O)c2Cl)Oc2cc1ccc2O)c1ccc(O)c(c1)-c1c(O[C@H]2O[C@H](CO)[C@@H](O)[C@H](O)[C@@H]2O)cc(O)cc1C(C(=O)NCCCN(C)C)NC3=O. The molecular formula is C88H102Cl2N10O27. The molecule has 7 aromatic rings. The van der Waals surface area contributed by atoms with E-state index < -0.39 is 254 Å². The van der Waals surface area contributed by atoms with Gasteiger partial charge in [0.2, 0.25) is 65.6 Å². The number of phenolic OH excluding ortho intramolecular Hbond substituents is 4. The Morgan fingerprint density at radius 2 is 1.17 bits per heavy atom. The molecule has 2 fully saturated rings. The molecule has 0 radical (unpaired) electrons. The lowest BCUT2D eigenvalue weighted by Gasteiger charge is -2.42. The van der Waals surface area contributed by atoms with Crippen LogP contribution < -0.4 is 71.5 Å². The van der Waals surface area contributed by atoms with Crippen molar-refractivity contribution < 1.29 is 133 Å². The number of benzene rings is 7. The minimum atomic E-state index is -2.40. The molecule has 2 saturated heterocycles. The van der Waals surface area contributed by atoms with E-state index in [9.17, 15) is 70.9 Å². The van der Waals surface area contributed by atoms with Crippen molar-refractivity contribution in [2.45, 2.75) is 188 Å². The Labute approximate surface area is 737 Å². The van der Waals surface area contributed by atoms with E-state index in [1.165, 1.54) is 61.6 Å². The quantitative estimate of drug-likeness (QED) is 0.0425. The minimum Gasteiger partial charge on any atom is -0.508 e. The van der Waals surface area contributed by atoms with Crippen molar-refractivity contribution in [1.29, 1.82) is 0 Å². The van der Waals surface area contributed by atoms with Gasteiger partial charge in [-0.25, -0.2) is 0 Å². The summed E-state index contributed by atoms with van der Waals surface area (Å²) in [4.78, 5) is 127.